The highest BCUT2D eigenvalue weighted by Crippen LogP contribution is 2.32. The van der Waals surface area contributed by atoms with Crippen molar-refractivity contribution >= 4 is 28.4 Å². The normalized spacial score (nSPS) is 16.4. The number of amides is 2. The smallest absolute Gasteiger partial charge is 0.272 e. The SMILES string of the molecule is NC(Cc1ccccc1)C(=O)N1CC2=NNC(=O)c3cccc4[nH]c(c2c34)C1. The number of aromatic nitrogens is 1. The number of benzene rings is 2. The molecule has 4 N–H and O–H groups in total. The number of hydrazone groups is 1. The fourth-order valence-corrected chi connectivity index (χ4v) is 4.05. The highest BCUT2D eigenvalue weighted by Gasteiger charge is 2.33. The Balaban J connectivity index is 1.48. The number of nitrogens with one attached hydrogen (secondary N) is 2. The number of aromatic amines is 1. The molecule has 3 heterocycles. The number of H-pyrrole nitrogens is 1. The molecule has 0 bridgehead atoms. The number of nitrogens with two attached hydrogens (primary N) is 1. The summed E-state index contributed by atoms with van der Waals surface area (Å²) in [7, 11) is 0. The number of hydrogen-bond donors (Lipinski definition) is 3. The van der Waals surface area contributed by atoms with Crippen molar-refractivity contribution in [1.82, 2.24) is 15.3 Å². The molecule has 0 aliphatic carbocycles. The molecule has 0 saturated heterocycles. The molecule has 0 radical (unpaired) electrons. The molecule has 1 atom stereocenters. The van der Waals surface area contributed by atoms with E-state index in [2.05, 4.69) is 15.5 Å². The number of carbonyl (C=O) groups is 2. The summed E-state index contributed by atoms with van der Waals surface area (Å²) < 4.78 is 0. The van der Waals surface area contributed by atoms with E-state index < -0.39 is 6.04 Å². The van der Waals surface area contributed by atoms with E-state index in [4.69, 9.17) is 5.73 Å². The molecule has 2 amide bonds. The van der Waals surface area contributed by atoms with E-state index in [0.29, 0.717) is 30.8 Å². The highest BCUT2D eigenvalue weighted by molar-refractivity contribution is 6.21. The third-order valence-corrected chi connectivity index (χ3v) is 5.34. The Morgan fingerprint density at radius 1 is 1.14 bits per heavy atom. The van der Waals surface area contributed by atoms with Gasteiger partial charge in [-0.05, 0) is 24.1 Å². The lowest BCUT2D eigenvalue weighted by Gasteiger charge is -2.30. The van der Waals surface area contributed by atoms with E-state index >= 15 is 0 Å². The van der Waals surface area contributed by atoms with Gasteiger partial charge in [-0.3, -0.25) is 9.59 Å². The molecule has 3 aromatic rings. The monoisotopic (exact) mass is 373 g/mol. The second-order valence-electron chi connectivity index (χ2n) is 7.20. The molecule has 0 saturated carbocycles. The van der Waals surface area contributed by atoms with E-state index in [1.165, 1.54) is 0 Å². The van der Waals surface area contributed by atoms with Crippen molar-refractivity contribution in [3.05, 3.63) is 70.9 Å². The van der Waals surface area contributed by atoms with Gasteiger partial charge in [-0.15, -0.1) is 0 Å². The van der Waals surface area contributed by atoms with Crippen LogP contribution in [0.5, 0.6) is 0 Å². The fourth-order valence-electron chi connectivity index (χ4n) is 4.05. The van der Waals surface area contributed by atoms with E-state index in [-0.39, 0.29) is 11.8 Å². The zero-order valence-corrected chi connectivity index (χ0v) is 15.1. The lowest BCUT2D eigenvalue weighted by Crippen LogP contribution is -2.48. The minimum atomic E-state index is -0.634. The van der Waals surface area contributed by atoms with E-state index in [1.54, 1.807) is 11.0 Å². The van der Waals surface area contributed by atoms with Gasteiger partial charge in [0.2, 0.25) is 5.91 Å². The Labute approximate surface area is 161 Å². The second kappa shape index (κ2) is 6.31. The van der Waals surface area contributed by atoms with Crippen LogP contribution in [0.25, 0.3) is 10.9 Å². The Kier molecular flexibility index (Phi) is 3.77. The minimum absolute atomic E-state index is 0.133. The van der Waals surface area contributed by atoms with Crippen molar-refractivity contribution in [2.75, 3.05) is 6.54 Å². The Morgan fingerprint density at radius 3 is 2.79 bits per heavy atom. The zero-order valence-electron chi connectivity index (χ0n) is 15.1. The molecule has 140 valence electrons. The quantitative estimate of drug-likeness (QED) is 0.648. The van der Waals surface area contributed by atoms with Gasteiger partial charge in [0.1, 0.15) is 0 Å². The first-order chi connectivity index (χ1) is 13.6. The maximum absolute atomic E-state index is 13.0. The largest absolute Gasteiger partial charge is 0.356 e. The van der Waals surface area contributed by atoms with E-state index in [0.717, 1.165) is 27.7 Å². The molecule has 1 unspecified atom stereocenters. The first-order valence-electron chi connectivity index (χ1n) is 9.21. The molecule has 5 rings (SSSR count). The second-order valence-corrected chi connectivity index (χ2v) is 7.20. The molecule has 0 fully saturated rings. The van der Waals surface area contributed by atoms with Gasteiger partial charge >= 0.3 is 0 Å². The first-order valence-corrected chi connectivity index (χ1v) is 9.21. The molecule has 7 nitrogen and oxygen atoms in total. The van der Waals surface area contributed by atoms with Gasteiger partial charge in [0.05, 0.1) is 30.4 Å². The molecule has 0 spiro atoms. The minimum Gasteiger partial charge on any atom is -0.356 e. The van der Waals surface area contributed by atoms with Crippen LogP contribution in [0.4, 0.5) is 0 Å². The van der Waals surface area contributed by atoms with Crippen LogP contribution in [0.15, 0.2) is 53.6 Å². The van der Waals surface area contributed by atoms with Gasteiger partial charge in [0, 0.05) is 22.2 Å². The van der Waals surface area contributed by atoms with Crippen molar-refractivity contribution in [2.45, 2.75) is 19.0 Å². The Morgan fingerprint density at radius 2 is 1.96 bits per heavy atom. The van der Waals surface area contributed by atoms with Crippen LogP contribution in [-0.2, 0) is 17.8 Å². The van der Waals surface area contributed by atoms with Gasteiger partial charge in [-0.2, -0.15) is 5.10 Å². The summed E-state index contributed by atoms with van der Waals surface area (Å²) in [6, 6.07) is 14.7. The standard InChI is InChI=1S/C21H19N5O2/c22-14(9-12-5-2-1-3-6-12)21(28)26-10-16-19-17(11-26)24-25-20(27)13-7-4-8-15(23-16)18(13)19/h1-8,14,23H,9-11,22H2,(H,25,27). The molecular weight excluding hydrogens is 354 g/mol. The van der Waals surface area contributed by atoms with Gasteiger partial charge in [-0.1, -0.05) is 36.4 Å². The van der Waals surface area contributed by atoms with Crippen molar-refractivity contribution < 1.29 is 9.59 Å². The topological polar surface area (TPSA) is 104 Å². The van der Waals surface area contributed by atoms with Crippen LogP contribution in [0.2, 0.25) is 0 Å². The van der Waals surface area contributed by atoms with Gasteiger partial charge < -0.3 is 15.6 Å². The predicted molar refractivity (Wildman–Crippen MR) is 106 cm³/mol. The summed E-state index contributed by atoms with van der Waals surface area (Å²) in [6.07, 6.45) is 0.475. The summed E-state index contributed by atoms with van der Waals surface area (Å²) in [5.41, 5.74) is 13.8. The Hall–Kier alpha value is -3.45. The van der Waals surface area contributed by atoms with Crippen LogP contribution in [-0.4, -0.2) is 40.0 Å². The summed E-state index contributed by atoms with van der Waals surface area (Å²) in [6.45, 7) is 0.730. The molecular formula is C21H19N5O2. The number of hydrogen-bond acceptors (Lipinski definition) is 4. The van der Waals surface area contributed by atoms with Crippen LogP contribution in [0.1, 0.15) is 27.2 Å². The fraction of sp³-hybridized carbons (Fsp3) is 0.190. The summed E-state index contributed by atoms with van der Waals surface area (Å²) in [4.78, 5) is 30.4. The molecule has 1 aromatic heterocycles. The maximum Gasteiger partial charge on any atom is 0.272 e. The Bertz CT molecular complexity index is 1130. The molecule has 7 heteroatoms. The maximum atomic E-state index is 13.0. The predicted octanol–water partition coefficient (Wildman–Crippen LogP) is 1.53. The lowest BCUT2D eigenvalue weighted by molar-refractivity contribution is -0.132. The molecule has 2 aliphatic heterocycles. The molecule has 28 heavy (non-hydrogen) atoms. The highest BCUT2D eigenvalue weighted by atomic mass is 16.2. The summed E-state index contributed by atoms with van der Waals surface area (Å²) in [5.74, 6) is -0.375. The summed E-state index contributed by atoms with van der Waals surface area (Å²) in [5, 5.41) is 5.15. The average molecular weight is 373 g/mol. The zero-order chi connectivity index (χ0) is 19.3. The molecule has 2 aromatic carbocycles. The van der Waals surface area contributed by atoms with Crippen molar-refractivity contribution in [1.29, 1.82) is 0 Å². The van der Waals surface area contributed by atoms with Crippen LogP contribution in [0.3, 0.4) is 0 Å². The molecule has 2 aliphatic rings. The van der Waals surface area contributed by atoms with Crippen LogP contribution >= 0.6 is 0 Å². The van der Waals surface area contributed by atoms with Gasteiger partial charge in [-0.25, -0.2) is 5.43 Å². The van der Waals surface area contributed by atoms with Gasteiger partial charge in [0.25, 0.3) is 5.91 Å². The van der Waals surface area contributed by atoms with E-state index in [1.807, 2.05) is 42.5 Å². The average Bonchev–Trinajstić information content (AvgIpc) is 3.03. The van der Waals surface area contributed by atoms with Crippen molar-refractivity contribution in [3.8, 4) is 0 Å². The van der Waals surface area contributed by atoms with E-state index in [9.17, 15) is 9.59 Å². The number of rotatable bonds is 3. The number of carbonyl (C=O) groups excluding carboxylic acids is 2. The van der Waals surface area contributed by atoms with Crippen molar-refractivity contribution in [2.24, 2.45) is 10.8 Å². The lowest BCUT2D eigenvalue weighted by atomic mass is 9.97. The third-order valence-electron chi connectivity index (χ3n) is 5.34. The van der Waals surface area contributed by atoms with Gasteiger partial charge in [0.15, 0.2) is 0 Å². The van der Waals surface area contributed by atoms with Crippen LogP contribution < -0.4 is 11.2 Å². The first kappa shape index (κ1) is 16.7. The van der Waals surface area contributed by atoms with Crippen molar-refractivity contribution in [3.63, 3.8) is 0 Å². The van der Waals surface area contributed by atoms with Crippen LogP contribution in [0, 0.1) is 0 Å². The summed E-state index contributed by atoms with van der Waals surface area (Å²) >= 11 is 0. The number of nitrogens with zero attached hydrogens (tertiary/aromatic N) is 2. The third kappa shape index (κ3) is 2.59.